The number of hydrogen-bond donors (Lipinski definition) is 1. The van der Waals surface area contributed by atoms with Crippen LogP contribution in [0.4, 0.5) is 13.2 Å². The van der Waals surface area contributed by atoms with E-state index in [1.807, 2.05) is 12.1 Å². The highest BCUT2D eigenvalue weighted by Crippen LogP contribution is 2.27. The summed E-state index contributed by atoms with van der Waals surface area (Å²) in [5, 5.41) is 2.62. The first-order valence-corrected chi connectivity index (χ1v) is 7.03. The van der Waals surface area contributed by atoms with Gasteiger partial charge in [0.1, 0.15) is 5.69 Å². The fourth-order valence-electron chi connectivity index (χ4n) is 1.41. The van der Waals surface area contributed by atoms with Crippen molar-refractivity contribution in [1.82, 2.24) is 10.3 Å². The molecule has 2 rings (SSSR count). The van der Waals surface area contributed by atoms with Gasteiger partial charge in [0.05, 0.1) is 15.9 Å². The molecule has 2 heterocycles. The lowest BCUT2D eigenvalue weighted by atomic mass is 10.2. The quantitative estimate of drug-likeness (QED) is 0.898. The molecule has 0 saturated carbocycles. The maximum atomic E-state index is 12.3. The van der Waals surface area contributed by atoms with Crippen molar-refractivity contribution in [2.24, 2.45) is 0 Å². The first-order chi connectivity index (χ1) is 9.36. The average molecular weight is 365 g/mol. The molecule has 0 fully saturated rings. The van der Waals surface area contributed by atoms with Gasteiger partial charge in [-0.25, -0.2) is 0 Å². The van der Waals surface area contributed by atoms with Gasteiger partial charge < -0.3 is 5.32 Å². The summed E-state index contributed by atoms with van der Waals surface area (Å²) in [6.07, 6.45) is -3.58. The normalized spacial score (nSPS) is 11.4. The minimum absolute atomic E-state index is 0.0913. The van der Waals surface area contributed by atoms with E-state index in [-0.39, 0.29) is 5.56 Å². The Hall–Kier alpha value is -1.41. The Morgan fingerprint density at radius 2 is 2.05 bits per heavy atom. The van der Waals surface area contributed by atoms with E-state index in [0.29, 0.717) is 6.54 Å². The number of alkyl halides is 3. The van der Waals surface area contributed by atoms with Crippen molar-refractivity contribution in [3.63, 3.8) is 0 Å². The fraction of sp³-hybridized carbons (Fsp3) is 0.167. The Bertz CT molecular complexity index is 610. The van der Waals surface area contributed by atoms with E-state index < -0.39 is 17.8 Å². The second kappa shape index (κ2) is 5.92. The molecule has 0 saturated heterocycles. The zero-order valence-corrected chi connectivity index (χ0v) is 12.3. The zero-order valence-electron chi connectivity index (χ0n) is 9.87. The van der Waals surface area contributed by atoms with Gasteiger partial charge in [0, 0.05) is 11.1 Å². The smallest absolute Gasteiger partial charge is 0.347 e. The number of halogens is 4. The lowest BCUT2D eigenvalue weighted by Crippen LogP contribution is -2.22. The summed E-state index contributed by atoms with van der Waals surface area (Å²) < 4.78 is 37.9. The van der Waals surface area contributed by atoms with E-state index in [2.05, 4.69) is 26.2 Å². The minimum atomic E-state index is -4.50. The van der Waals surface area contributed by atoms with Gasteiger partial charge in [-0.2, -0.15) is 13.2 Å². The van der Waals surface area contributed by atoms with Crippen LogP contribution in [-0.4, -0.2) is 10.9 Å². The van der Waals surface area contributed by atoms with Gasteiger partial charge in [0.2, 0.25) is 0 Å². The van der Waals surface area contributed by atoms with Gasteiger partial charge in [-0.1, -0.05) is 0 Å². The molecule has 20 heavy (non-hydrogen) atoms. The van der Waals surface area contributed by atoms with Crippen LogP contribution >= 0.6 is 27.3 Å². The monoisotopic (exact) mass is 364 g/mol. The predicted octanol–water partition coefficient (Wildman–Crippen LogP) is 3.85. The van der Waals surface area contributed by atoms with Crippen LogP contribution in [0.2, 0.25) is 0 Å². The van der Waals surface area contributed by atoms with Gasteiger partial charge in [0.15, 0.2) is 0 Å². The Morgan fingerprint density at radius 3 is 2.55 bits per heavy atom. The summed E-state index contributed by atoms with van der Waals surface area (Å²) in [5.74, 6) is -0.462. The fourth-order valence-corrected chi connectivity index (χ4v) is 2.83. The van der Waals surface area contributed by atoms with Gasteiger partial charge in [-0.15, -0.1) is 11.3 Å². The Labute approximate surface area is 125 Å². The van der Waals surface area contributed by atoms with Crippen molar-refractivity contribution in [2.75, 3.05) is 0 Å². The molecular weight excluding hydrogens is 357 g/mol. The number of pyridine rings is 1. The van der Waals surface area contributed by atoms with Crippen molar-refractivity contribution in [1.29, 1.82) is 0 Å². The van der Waals surface area contributed by atoms with Gasteiger partial charge >= 0.3 is 6.18 Å². The minimum Gasteiger partial charge on any atom is -0.347 e. The van der Waals surface area contributed by atoms with Crippen LogP contribution in [0.25, 0.3) is 0 Å². The number of hydrogen-bond acceptors (Lipinski definition) is 3. The highest BCUT2D eigenvalue weighted by atomic mass is 79.9. The molecule has 0 spiro atoms. The number of aromatic nitrogens is 1. The lowest BCUT2D eigenvalue weighted by molar-refractivity contribution is -0.141. The van der Waals surface area contributed by atoms with E-state index in [0.717, 1.165) is 27.0 Å². The summed E-state index contributed by atoms with van der Waals surface area (Å²) in [6, 6.07) is 5.60. The number of carbonyl (C=O) groups is 1. The molecule has 2 aromatic heterocycles. The van der Waals surface area contributed by atoms with Crippen LogP contribution in [0.5, 0.6) is 0 Å². The molecule has 1 N–H and O–H groups in total. The van der Waals surface area contributed by atoms with E-state index in [1.165, 1.54) is 11.3 Å². The van der Waals surface area contributed by atoms with Crippen molar-refractivity contribution in [3.05, 3.63) is 50.4 Å². The van der Waals surface area contributed by atoms with Gasteiger partial charge in [-0.05, 0) is 40.2 Å². The molecule has 2 aromatic rings. The van der Waals surface area contributed by atoms with Crippen molar-refractivity contribution >= 4 is 33.2 Å². The average Bonchev–Trinajstić information content (AvgIpc) is 2.81. The van der Waals surface area contributed by atoms with Crippen molar-refractivity contribution in [3.8, 4) is 0 Å². The molecule has 0 aliphatic carbocycles. The second-order valence-corrected chi connectivity index (χ2v) is 6.37. The topological polar surface area (TPSA) is 42.0 Å². The van der Waals surface area contributed by atoms with Crippen LogP contribution in [0, 0.1) is 0 Å². The van der Waals surface area contributed by atoms with Crippen LogP contribution < -0.4 is 5.32 Å². The number of rotatable bonds is 3. The summed E-state index contributed by atoms with van der Waals surface area (Å²) in [7, 11) is 0. The molecule has 0 aliphatic heterocycles. The zero-order chi connectivity index (χ0) is 14.8. The molecule has 3 nitrogen and oxygen atoms in total. The molecular formula is C12H8BrF3N2OS. The van der Waals surface area contributed by atoms with E-state index in [1.54, 1.807) is 0 Å². The van der Waals surface area contributed by atoms with E-state index in [4.69, 9.17) is 0 Å². The third-order valence-corrected chi connectivity index (χ3v) is 3.99. The van der Waals surface area contributed by atoms with Gasteiger partial charge in [0.25, 0.3) is 5.91 Å². The van der Waals surface area contributed by atoms with E-state index >= 15 is 0 Å². The maximum absolute atomic E-state index is 12.3. The number of nitrogens with zero attached hydrogens (tertiary/aromatic N) is 1. The number of thiophene rings is 1. The summed E-state index contributed by atoms with van der Waals surface area (Å²) in [6.45, 7) is 0.316. The Morgan fingerprint density at radius 1 is 1.30 bits per heavy atom. The second-order valence-electron chi connectivity index (χ2n) is 3.82. The summed E-state index contributed by atoms with van der Waals surface area (Å²) in [4.78, 5) is 15.9. The number of nitrogens with one attached hydrogen (secondary N) is 1. The molecule has 0 radical (unpaired) electrons. The SMILES string of the molecule is O=C(NCc1ccc(Br)s1)c1ccc(C(F)(F)F)nc1. The Kier molecular flexibility index (Phi) is 4.44. The maximum Gasteiger partial charge on any atom is 0.433 e. The van der Waals surface area contributed by atoms with Crippen LogP contribution in [0.1, 0.15) is 20.9 Å². The molecule has 1 amide bonds. The van der Waals surface area contributed by atoms with E-state index in [9.17, 15) is 18.0 Å². The molecule has 0 aromatic carbocycles. The van der Waals surface area contributed by atoms with Gasteiger partial charge in [-0.3, -0.25) is 9.78 Å². The summed E-state index contributed by atoms with van der Waals surface area (Å²) >= 11 is 4.77. The lowest BCUT2D eigenvalue weighted by Gasteiger charge is -2.07. The molecule has 0 atom stereocenters. The van der Waals surface area contributed by atoms with Crippen LogP contribution in [0.15, 0.2) is 34.2 Å². The summed E-state index contributed by atoms with van der Waals surface area (Å²) in [5.41, 5.74) is -0.926. The highest BCUT2D eigenvalue weighted by Gasteiger charge is 2.32. The largest absolute Gasteiger partial charge is 0.433 e. The van der Waals surface area contributed by atoms with Crippen molar-refractivity contribution in [2.45, 2.75) is 12.7 Å². The Balaban J connectivity index is 1.99. The third-order valence-electron chi connectivity index (χ3n) is 2.37. The molecule has 0 unspecified atom stereocenters. The first kappa shape index (κ1) is 15.0. The van der Waals surface area contributed by atoms with Crippen LogP contribution in [0.3, 0.4) is 0 Å². The standard InChI is InChI=1S/C12H8BrF3N2OS/c13-10-4-2-8(20-10)6-18-11(19)7-1-3-9(17-5-7)12(14,15)16/h1-5H,6H2,(H,18,19). The first-order valence-electron chi connectivity index (χ1n) is 5.42. The molecule has 8 heteroatoms. The highest BCUT2D eigenvalue weighted by molar-refractivity contribution is 9.11. The number of carbonyl (C=O) groups excluding carboxylic acids is 1. The third kappa shape index (κ3) is 3.80. The predicted molar refractivity (Wildman–Crippen MR) is 72.4 cm³/mol. The number of amides is 1. The molecule has 106 valence electrons. The van der Waals surface area contributed by atoms with Crippen molar-refractivity contribution < 1.29 is 18.0 Å². The molecule has 0 aliphatic rings. The molecule has 0 bridgehead atoms. The van der Waals surface area contributed by atoms with Crippen LogP contribution in [-0.2, 0) is 12.7 Å².